The molecular weight excluding hydrogens is 276 g/mol. The lowest BCUT2D eigenvalue weighted by atomic mass is 9.98. The van der Waals surface area contributed by atoms with Gasteiger partial charge < -0.3 is 9.47 Å². The smallest absolute Gasteiger partial charge is 0.306 e. The number of benzene rings is 2. The number of carbonyl (C=O) groups is 1. The fourth-order valence-corrected chi connectivity index (χ4v) is 3.04. The number of esters is 1. The van der Waals surface area contributed by atoms with E-state index in [2.05, 4.69) is 18.2 Å². The van der Waals surface area contributed by atoms with Gasteiger partial charge in [-0.25, -0.2) is 0 Å². The Bertz CT molecular complexity index is 663. The van der Waals surface area contributed by atoms with Gasteiger partial charge in [0, 0.05) is 0 Å². The van der Waals surface area contributed by atoms with Crippen LogP contribution in [0.1, 0.15) is 35.4 Å². The molecule has 22 heavy (non-hydrogen) atoms. The van der Waals surface area contributed by atoms with Crippen LogP contribution < -0.4 is 4.74 Å². The maximum atomic E-state index is 12.1. The van der Waals surface area contributed by atoms with Crippen molar-refractivity contribution < 1.29 is 14.3 Å². The van der Waals surface area contributed by atoms with Crippen molar-refractivity contribution in [2.75, 3.05) is 7.11 Å². The number of fused-ring (bicyclic) bond motifs is 1. The normalized spacial score (nSPS) is 16.1. The Morgan fingerprint density at radius 1 is 1.18 bits per heavy atom. The number of carbonyl (C=O) groups excluding carboxylic acids is 1. The van der Waals surface area contributed by atoms with Gasteiger partial charge in [-0.15, -0.1) is 0 Å². The van der Waals surface area contributed by atoms with E-state index in [0.29, 0.717) is 18.9 Å². The van der Waals surface area contributed by atoms with Crippen LogP contribution in [0, 0.1) is 0 Å². The maximum absolute atomic E-state index is 12.1. The van der Waals surface area contributed by atoms with E-state index in [1.807, 2.05) is 30.3 Å². The molecule has 3 heteroatoms. The number of ether oxygens (including phenoxy) is 2. The highest BCUT2D eigenvalue weighted by atomic mass is 16.5. The Hall–Kier alpha value is -2.29. The van der Waals surface area contributed by atoms with Crippen molar-refractivity contribution in [3.05, 3.63) is 65.2 Å². The second-order valence-electron chi connectivity index (χ2n) is 5.65. The Kier molecular flexibility index (Phi) is 4.42. The molecule has 0 saturated carbocycles. The molecule has 1 aliphatic carbocycles. The summed E-state index contributed by atoms with van der Waals surface area (Å²) in [6, 6.07) is 16.0. The first-order valence-corrected chi connectivity index (χ1v) is 7.62. The minimum absolute atomic E-state index is 0.135. The van der Waals surface area contributed by atoms with Crippen LogP contribution in [-0.4, -0.2) is 13.1 Å². The molecule has 0 radical (unpaired) electrons. The predicted molar refractivity (Wildman–Crippen MR) is 84.9 cm³/mol. The summed E-state index contributed by atoms with van der Waals surface area (Å²) >= 11 is 0. The first-order chi connectivity index (χ1) is 10.8. The van der Waals surface area contributed by atoms with E-state index in [1.165, 1.54) is 11.1 Å². The van der Waals surface area contributed by atoms with Gasteiger partial charge in [-0.05, 0) is 47.6 Å². The molecular formula is C19H20O3. The van der Waals surface area contributed by atoms with Crippen LogP contribution in [0.2, 0.25) is 0 Å². The third-order valence-electron chi connectivity index (χ3n) is 4.20. The number of aryl methyl sites for hydroxylation is 1. The molecule has 0 fully saturated rings. The molecule has 0 spiro atoms. The molecule has 0 aliphatic heterocycles. The monoisotopic (exact) mass is 296 g/mol. The van der Waals surface area contributed by atoms with Crippen LogP contribution in [-0.2, 0) is 22.6 Å². The molecule has 2 aromatic rings. The van der Waals surface area contributed by atoms with Gasteiger partial charge in [0.15, 0.2) is 0 Å². The van der Waals surface area contributed by atoms with E-state index >= 15 is 0 Å². The summed E-state index contributed by atoms with van der Waals surface area (Å²) in [5, 5.41) is 0. The molecule has 0 amide bonds. The molecule has 0 N–H and O–H groups in total. The van der Waals surface area contributed by atoms with Gasteiger partial charge >= 0.3 is 5.97 Å². The van der Waals surface area contributed by atoms with Gasteiger partial charge in [-0.2, -0.15) is 0 Å². The Balaban J connectivity index is 1.55. The average molecular weight is 296 g/mol. The van der Waals surface area contributed by atoms with Gasteiger partial charge in [0.2, 0.25) is 0 Å². The summed E-state index contributed by atoms with van der Waals surface area (Å²) < 4.78 is 10.6. The van der Waals surface area contributed by atoms with E-state index < -0.39 is 0 Å². The summed E-state index contributed by atoms with van der Waals surface area (Å²) in [6.07, 6.45) is 2.55. The lowest BCUT2D eigenvalue weighted by Crippen LogP contribution is -2.09. The zero-order chi connectivity index (χ0) is 15.4. The number of rotatable bonds is 5. The SMILES string of the molecule is COc1cccc(COC(=O)CC2CCc3ccccc32)c1. The molecule has 2 aromatic carbocycles. The average Bonchev–Trinajstić information content (AvgIpc) is 2.96. The largest absolute Gasteiger partial charge is 0.497 e. The maximum Gasteiger partial charge on any atom is 0.306 e. The van der Waals surface area contributed by atoms with Gasteiger partial charge in [-0.3, -0.25) is 4.79 Å². The lowest BCUT2D eigenvalue weighted by molar-refractivity contribution is -0.145. The van der Waals surface area contributed by atoms with Gasteiger partial charge in [0.1, 0.15) is 12.4 Å². The van der Waals surface area contributed by atoms with Gasteiger partial charge in [-0.1, -0.05) is 36.4 Å². The van der Waals surface area contributed by atoms with Crippen molar-refractivity contribution in [3.63, 3.8) is 0 Å². The summed E-state index contributed by atoms with van der Waals surface area (Å²) in [7, 11) is 1.63. The minimum Gasteiger partial charge on any atom is -0.497 e. The summed E-state index contributed by atoms with van der Waals surface area (Å²) in [5.41, 5.74) is 3.62. The van der Waals surface area contributed by atoms with E-state index in [-0.39, 0.29) is 5.97 Å². The van der Waals surface area contributed by atoms with E-state index in [9.17, 15) is 4.79 Å². The Morgan fingerprint density at radius 2 is 2.05 bits per heavy atom. The second-order valence-corrected chi connectivity index (χ2v) is 5.65. The highest BCUT2D eigenvalue weighted by molar-refractivity contribution is 5.71. The molecule has 1 atom stereocenters. The van der Waals surface area contributed by atoms with Crippen molar-refractivity contribution in [1.29, 1.82) is 0 Å². The molecule has 3 rings (SSSR count). The van der Waals surface area contributed by atoms with Crippen LogP contribution in [0.5, 0.6) is 5.75 Å². The van der Waals surface area contributed by atoms with E-state index in [1.54, 1.807) is 7.11 Å². The van der Waals surface area contributed by atoms with Crippen LogP contribution >= 0.6 is 0 Å². The molecule has 1 unspecified atom stereocenters. The highest BCUT2D eigenvalue weighted by Gasteiger charge is 2.24. The van der Waals surface area contributed by atoms with Gasteiger partial charge in [0.05, 0.1) is 13.5 Å². The van der Waals surface area contributed by atoms with Crippen molar-refractivity contribution in [1.82, 2.24) is 0 Å². The summed E-state index contributed by atoms with van der Waals surface area (Å²) in [4.78, 5) is 12.1. The molecule has 0 saturated heterocycles. The quantitative estimate of drug-likeness (QED) is 0.786. The Labute approximate surface area is 130 Å². The fourth-order valence-electron chi connectivity index (χ4n) is 3.04. The standard InChI is InChI=1S/C19H20O3/c1-21-17-7-4-5-14(11-17)13-22-19(20)12-16-10-9-15-6-2-3-8-18(15)16/h2-8,11,16H,9-10,12-13H2,1H3. The van der Waals surface area contributed by atoms with Crippen LogP contribution in [0.15, 0.2) is 48.5 Å². The molecule has 3 nitrogen and oxygen atoms in total. The molecule has 0 heterocycles. The van der Waals surface area contributed by atoms with Crippen LogP contribution in [0.25, 0.3) is 0 Å². The second kappa shape index (κ2) is 6.65. The number of methoxy groups -OCH3 is 1. The third-order valence-corrected chi connectivity index (χ3v) is 4.20. The number of hydrogen-bond acceptors (Lipinski definition) is 3. The van der Waals surface area contributed by atoms with E-state index in [0.717, 1.165) is 24.2 Å². The summed E-state index contributed by atoms with van der Waals surface area (Å²) in [6.45, 7) is 0.296. The third kappa shape index (κ3) is 3.30. The number of hydrogen-bond donors (Lipinski definition) is 0. The first-order valence-electron chi connectivity index (χ1n) is 7.62. The minimum atomic E-state index is -0.135. The van der Waals surface area contributed by atoms with Crippen molar-refractivity contribution >= 4 is 5.97 Å². The van der Waals surface area contributed by atoms with Crippen molar-refractivity contribution in [2.24, 2.45) is 0 Å². The molecule has 114 valence electrons. The van der Waals surface area contributed by atoms with E-state index in [4.69, 9.17) is 9.47 Å². The molecule has 0 bridgehead atoms. The summed E-state index contributed by atoms with van der Waals surface area (Å²) in [5.74, 6) is 0.941. The predicted octanol–water partition coefficient (Wildman–Crippen LogP) is 3.86. The van der Waals surface area contributed by atoms with Crippen LogP contribution in [0.3, 0.4) is 0 Å². The zero-order valence-electron chi connectivity index (χ0n) is 12.7. The first kappa shape index (κ1) is 14.6. The van der Waals surface area contributed by atoms with Crippen LogP contribution in [0.4, 0.5) is 0 Å². The zero-order valence-corrected chi connectivity index (χ0v) is 12.7. The topological polar surface area (TPSA) is 35.5 Å². The van der Waals surface area contributed by atoms with Crippen molar-refractivity contribution in [2.45, 2.75) is 31.8 Å². The van der Waals surface area contributed by atoms with Crippen molar-refractivity contribution in [3.8, 4) is 5.75 Å². The molecule has 1 aliphatic rings. The fraction of sp³-hybridized carbons (Fsp3) is 0.316. The lowest BCUT2D eigenvalue weighted by Gasteiger charge is -2.11. The van der Waals surface area contributed by atoms with Gasteiger partial charge in [0.25, 0.3) is 0 Å². The molecule has 0 aromatic heterocycles. The highest BCUT2D eigenvalue weighted by Crippen LogP contribution is 2.35. The Morgan fingerprint density at radius 3 is 2.91 bits per heavy atom.